The van der Waals surface area contributed by atoms with Crippen LogP contribution in [0.1, 0.15) is 11.1 Å². The minimum Gasteiger partial charge on any atom is -0.207 e. The van der Waals surface area contributed by atoms with Gasteiger partial charge in [-0.05, 0) is 59.6 Å². The van der Waals surface area contributed by atoms with E-state index in [0.29, 0.717) is 15.0 Å². The number of hydrogen-bond donors (Lipinski definition) is 0. The monoisotopic (exact) mass is 460 g/mol. The zero-order valence-electron chi connectivity index (χ0n) is 17.1. The number of halogens is 4. The number of rotatable bonds is 8. The summed E-state index contributed by atoms with van der Waals surface area (Å²) in [6, 6.07) is 21.4. The largest absolute Gasteiger partial charge is 0.207 e. The van der Waals surface area contributed by atoms with Crippen LogP contribution in [0.2, 0.25) is 25.2 Å². The van der Waals surface area contributed by atoms with E-state index in [4.69, 9.17) is 11.6 Å². The van der Waals surface area contributed by atoms with Gasteiger partial charge >= 0.3 is 0 Å². The molecule has 30 heavy (non-hydrogen) atoms. The molecule has 0 aliphatic rings. The van der Waals surface area contributed by atoms with E-state index in [1.54, 1.807) is 0 Å². The Morgan fingerprint density at radius 3 is 1.53 bits per heavy atom. The van der Waals surface area contributed by atoms with Gasteiger partial charge in [-0.25, -0.2) is 13.2 Å². The first-order valence-electron chi connectivity index (χ1n) is 9.82. The third-order valence-electron chi connectivity index (χ3n) is 5.80. The van der Waals surface area contributed by atoms with Crippen LogP contribution in [0.3, 0.4) is 0 Å². The molecule has 0 fully saturated rings. The lowest BCUT2D eigenvalue weighted by molar-refractivity contribution is 0.601. The molecule has 6 heteroatoms. The molecule has 0 saturated heterocycles. The summed E-state index contributed by atoms with van der Waals surface area (Å²) in [7, 11) is -1.64. The molecule has 0 aromatic heterocycles. The zero-order chi connectivity index (χ0) is 21.8. The van der Waals surface area contributed by atoms with Crippen LogP contribution in [0, 0.1) is 17.5 Å². The molecule has 0 nitrogen and oxygen atoms in total. The van der Waals surface area contributed by atoms with Crippen LogP contribution in [0.5, 0.6) is 0 Å². The van der Waals surface area contributed by atoms with E-state index in [2.05, 4.69) is 13.1 Å². The molecule has 0 aliphatic heterocycles. The van der Waals surface area contributed by atoms with E-state index in [1.165, 1.54) is 36.4 Å². The molecule has 0 N–H and O–H groups in total. The van der Waals surface area contributed by atoms with Crippen molar-refractivity contribution in [2.45, 2.75) is 30.6 Å². The smallest absolute Gasteiger partial charge is 0.123 e. The molecule has 1 atom stereocenters. The van der Waals surface area contributed by atoms with Gasteiger partial charge in [0.1, 0.15) is 25.5 Å². The van der Waals surface area contributed by atoms with Gasteiger partial charge in [0.25, 0.3) is 0 Å². The molecule has 0 bridgehead atoms. The first-order valence-corrected chi connectivity index (χ1v) is 15.0. The maximum atomic E-state index is 13.7. The second-order valence-electron chi connectivity index (χ2n) is 8.00. The maximum Gasteiger partial charge on any atom is 0.123 e. The Morgan fingerprint density at radius 1 is 0.767 bits per heavy atom. The van der Waals surface area contributed by atoms with Gasteiger partial charge in [0.15, 0.2) is 0 Å². The average molecular weight is 461 g/mol. The van der Waals surface area contributed by atoms with Crippen molar-refractivity contribution in [2.24, 2.45) is 0 Å². The minimum absolute atomic E-state index is 0.275. The molecule has 3 rings (SSSR count). The van der Waals surface area contributed by atoms with Gasteiger partial charge in [-0.2, -0.15) is 0 Å². The van der Waals surface area contributed by atoms with E-state index in [-0.39, 0.29) is 17.5 Å². The first-order chi connectivity index (χ1) is 14.3. The van der Waals surface area contributed by atoms with E-state index in [9.17, 15) is 13.2 Å². The summed E-state index contributed by atoms with van der Waals surface area (Å²) in [6.45, 7) is 4.34. The van der Waals surface area contributed by atoms with E-state index < -0.39 is 13.5 Å². The molecular weight excluding hydrogens is 437 g/mol. The lowest BCUT2D eigenvalue weighted by Crippen LogP contribution is -2.52. The normalized spacial score (nSPS) is 13.8. The SMILES string of the molecule is C[Si]CC(C[Si](C)(CCl)c1ccc(F)cc1)(c1ccc(F)cc1)c1ccc(F)cc1. The number of benzene rings is 3. The lowest BCUT2D eigenvalue weighted by atomic mass is 9.77. The number of hydrogen-bond acceptors (Lipinski definition) is 0. The fourth-order valence-electron chi connectivity index (χ4n) is 4.22. The van der Waals surface area contributed by atoms with Gasteiger partial charge in [0.05, 0.1) is 0 Å². The molecule has 3 aromatic carbocycles. The average Bonchev–Trinajstić information content (AvgIpc) is 2.75. The van der Waals surface area contributed by atoms with Gasteiger partial charge in [-0.1, -0.05) is 54.7 Å². The molecule has 156 valence electrons. The van der Waals surface area contributed by atoms with Crippen LogP contribution in [-0.2, 0) is 5.41 Å². The van der Waals surface area contributed by atoms with Crippen LogP contribution in [-0.4, -0.2) is 23.1 Å². The highest BCUT2D eigenvalue weighted by molar-refractivity contribution is 6.95. The summed E-state index contributed by atoms with van der Waals surface area (Å²) >= 11 is 6.56. The van der Waals surface area contributed by atoms with Crippen molar-refractivity contribution in [2.75, 3.05) is 5.50 Å². The number of alkyl halides is 1. The van der Waals surface area contributed by atoms with Gasteiger partial charge in [-0.3, -0.25) is 0 Å². The minimum atomic E-state index is -2.27. The standard InChI is InChI=1S/C24H24ClF3Si2/c1-29-15-24(18-3-7-20(26)8-4-18,19-5-9-21(27)10-6-19)16-30(2,17-25)23-13-11-22(28)12-14-23/h3-14H,15-17H2,1-2H3. The highest BCUT2D eigenvalue weighted by atomic mass is 35.5. The van der Waals surface area contributed by atoms with Gasteiger partial charge in [0.2, 0.25) is 0 Å². The summed E-state index contributed by atoms with van der Waals surface area (Å²) in [4.78, 5) is 0. The highest BCUT2D eigenvalue weighted by Crippen LogP contribution is 2.43. The van der Waals surface area contributed by atoms with Gasteiger partial charge in [-0.15, -0.1) is 11.6 Å². The van der Waals surface area contributed by atoms with Crippen LogP contribution in [0.25, 0.3) is 0 Å². The molecule has 0 aliphatic carbocycles. The van der Waals surface area contributed by atoms with E-state index in [0.717, 1.165) is 28.4 Å². The van der Waals surface area contributed by atoms with Crippen molar-refractivity contribution < 1.29 is 13.2 Å². The molecule has 0 amide bonds. The fraction of sp³-hybridized carbons (Fsp3) is 0.250. The van der Waals surface area contributed by atoms with Gasteiger partial charge < -0.3 is 0 Å². The Kier molecular flexibility index (Phi) is 7.27. The van der Waals surface area contributed by atoms with Crippen molar-refractivity contribution >= 4 is 34.4 Å². The molecule has 1 unspecified atom stereocenters. The topological polar surface area (TPSA) is 0 Å². The Bertz CT molecular complexity index is 914. The first kappa shape index (κ1) is 22.8. The Balaban J connectivity index is 2.19. The van der Waals surface area contributed by atoms with Crippen molar-refractivity contribution in [1.82, 2.24) is 0 Å². The van der Waals surface area contributed by atoms with Gasteiger partial charge in [0, 0.05) is 20.4 Å². The van der Waals surface area contributed by atoms with Crippen molar-refractivity contribution in [3.63, 3.8) is 0 Å². The Morgan fingerprint density at radius 2 is 1.17 bits per heavy atom. The third kappa shape index (κ3) is 4.74. The summed E-state index contributed by atoms with van der Waals surface area (Å²) in [6.07, 6.45) is 0. The van der Waals surface area contributed by atoms with Crippen LogP contribution >= 0.6 is 11.6 Å². The molecule has 0 spiro atoms. The predicted molar refractivity (Wildman–Crippen MR) is 123 cm³/mol. The molecule has 0 heterocycles. The lowest BCUT2D eigenvalue weighted by Gasteiger charge is -2.42. The van der Waals surface area contributed by atoms with Crippen LogP contribution in [0.15, 0.2) is 72.8 Å². The van der Waals surface area contributed by atoms with Crippen molar-refractivity contribution in [3.8, 4) is 0 Å². The molecular formula is C24H24ClF3Si2. The highest BCUT2D eigenvalue weighted by Gasteiger charge is 2.42. The Hall–Kier alpha value is -1.83. The Labute approximate surface area is 184 Å². The summed E-state index contributed by atoms with van der Waals surface area (Å²) in [5.41, 5.74) is 2.03. The molecule has 0 saturated carbocycles. The quantitative estimate of drug-likeness (QED) is 0.272. The predicted octanol–water partition coefficient (Wildman–Crippen LogP) is 6.32. The summed E-state index contributed by atoms with van der Waals surface area (Å²) < 4.78 is 41.0. The van der Waals surface area contributed by atoms with E-state index in [1.807, 2.05) is 36.4 Å². The summed E-state index contributed by atoms with van der Waals surface area (Å²) in [5, 5.41) is 1.08. The fourth-order valence-corrected chi connectivity index (χ4v) is 9.64. The second kappa shape index (κ2) is 9.54. The van der Waals surface area contributed by atoms with Crippen LogP contribution in [0.4, 0.5) is 13.2 Å². The van der Waals surface area contributed by atoms with Crippen molar-refractivity contribution in [1.29, 1.82) is 0 Å². The van der Waals surface area contributed by atoms with E-state index >= 15 is 0 Å². The van der Waals surface area contributed by atoms with Crippen LogP contribution < -0.4 is 5.19 Å². The zero-order valence-corrected chi connectivity index (χ0v) is 19.8. The molecule has 2 radical (unpaired) electrons. The summed E-state index contributed by atoms with van der Waals surface area (Å²) in [5.74, 6) is -0.855. The maximum absolute atomic E-state index is 13.7. The third-order valence-corrected chi connectivity index (χ3v) is 12.2. The van der Waals surface area contributed by atoms with Crippen molar-refractivity contribution in [3.05, 3.63) is 101 Å². The second-order valence-corrected chi connectivity index (χ2v) is 14.2. The molecule has 3 aromatic rings.